The van der Waals surface area contributed by atoms with E-state index in [1.54, 1.807) is 18.2 Å². The van der Waals surface area contributed by atoms with Gasteiger partial charge in [-0.1, -0.05) is 25.4 Å². The maximum Gasteiger partial charge on any atom is 0.329 e. The number of carboxylic acid groups (broad SMARTS) is 1. The Morgan fingerprint density at radius 2 is 2.29 bits per heavy atom. The average molecular weight is 377 g/mol. The van der Waals surface area contributed by atoms with Gasteiger partial charge in [-0.05, 0) is 40.0 Å². The summed E-state index contributed by atoms with van der Waals surface area (Å²) in [5.41, 5.74) is -0.265. The number of aliphatic carboxylic acids is 1. The fourth-order valence-corrected chi connectivity index (χ4v) is 3.02. The van der Waals surface area contributed by atoms with Crippen molar-refractivity contribution in [2.45, 2.75) is 38.3 Å². The summed E-state index contributed by atoms with van der Waals surface area (Å²) in [5.74, 6) is -0.565. The molecular formula is C15H19BrClNO3. The van der Waals surface area contributed by atoms with Crippen LogP contribution in [0.15, 0.2) is 22.7 Å². The lowest BCUT2D eigenvalue weighted by atomic mass is 9.83. The Morgan fingerprint density at radius 3 is 2.86 bits per heavy atom. The highest BCUT2D eigenvalue weighted by Crippen LogP contribution is 2.34. The van der Waals surface area contributed by atoms with Crippen molar-refractivity contribution >= 4 is 39.2 Å². The molecular weight excluding hydrogens is 358 g/mol. The molecule has 116 valence electrons. The average Bonchev–Trinajstić information content (AvgIpc) is 2.43. The van der Waals surface area contributed by atoms with Crippen LogP contribution >= 0.6 is 27.5 Å². The molecule has 6 heteroatoms. The topological polar surface area (TPSA) is 58.6 Å². The van der Waals surface area contributed by atoms with Crippen LogP contribution in [-0.4, -0.2) is 29.3 Å². The third kappa shape index (κ3) is 3.71. The molecule has 1 heterocycles. The molecule has 1 aliphatic rings. The van der Waals surface area contributed by atoms with Crippen LogP contribution in [0.4, 0.5) is 5.69 Å². The first-order valence-electron chi connectivity index (χ1n) is 6.92. The van der Waals surface area contributed by atoms with Gasteiger partial charge < -0.3 is 15.2 Å². The molecule has 0 radical (unpaired) electrons. The zero-order valence-corrected chi connectivity index (χ0v) is 14.4. The number of nitrogens with one attached hydrogen (secondary N) is 1. The fourth-order valence-electron chi connectivity index (χ4n) is 2.53. The smallest absolute Gasteiger partial charge is 0.329 e. The molecule has 0 amide bonds. The van der Waals surface area contributed by atoms with E-state index in [2.05, 4.69) is 21.2 Å². The molecule has 4 nitrogen and oxygen atoms in total. The first-order valence-corrected chi connectivity index (χ1v) is 8.09. The number of halogens is 2. The maximum atomic E-state index is 11.8. The lowest BCUT2D eigenvalue weighted by Gasteiger charge is -2.40. The van der Waals surface area contributed by atoms with E-state index in [9.17, 15) is 9.90 Å². The van der Waals surface area contributed by atoms with Gasteiger partial charge in [0, 0.05) is 29.6 Å². The normalized spacial score (nSPS) is 25.9. The Hall–Kier alpha value is -0.780. The predicted octanol–water partition coefficient (Wildman–Crippen LogP) is 4.17. The second-order valence-electron chi connectivity index (χ2n) is 5.75. The highest BCUT2D eigenvalue weighted by Gasteiger charge is 2.44. The van der Waals surface area contributed by atoms with E-state index in [1.807, 2.05) is 13.8 Å². The summed E-state index contributed by atoms with van der Waals surface area (Å²) in [5, 5.41) is 13.5. The quantitative estimate of drug-likeness (QED) is 0.828. The summed E-state index contributed by atoms with van der Waals surface area (Å²) in [6.45, 7) is 4.53. The predicted molar refractivity (Wildman–Crippen MR) is 87.0 cm³/mol. The van der Waals surface area contributed by atoms with Crippen molar-refractivity contribution in [3.05, 3.63) is 27.7 Å². The lowest BCUT2D eigenvalue weighted by molar-refractivity contribution is -0.149. The largest absolute Gasteiger partial charge is 0.480 e. The molecule has 1 aromatic carbocycles. The maximum absolute atomic E-state index is 11.8. The van der Waals surface area contributed by atoms with E-state index in [0.29, 0.717) is 24.5 Å². The number of carboxylic acids is 1. The minimum atomic E-state index is -1.000. The SMILES string of the molecule is CC(C)C1CC(Nc2ccc(Cl)c(Br)c2)(C(=O)O)CCO1. The van der Waals surface area contributed by atoms with Crippen LogP contribution in [0.2, 0.25) is 5.02 Å². The van der Waals surface area contributed by atoms with Crippen LogP contribution in [0.3, 0.4) is 0 Å². The molecule has 0 bridgehead atoms. The molecule has 2 rings (SSSR count). The summed E-state index contributed by atoms with van der Waals surface area (Å²) in [6.07, 6.45) is 0.824. The van der Waals surface area contributed by atoms with Crippen LogP contribution < -0.4 is 5.32 Å². The summed E-state index contributed by atoms with van der Waals surface area (Å²) < 4.78 is 6.43. The van der Waals surface area contributed by atoms with Crippen LogP contribution in [-0.2, 0) is 9.53 Å². The van der Waals surface area contributed by atoms with Crippen molar-refractivity contribution in [1.29, 1.82) is 0 Å². The van der Waals surface area contributed by atoms with Crippen molar-refractivity contribution in [3.63, 3.8) is 0 Å². The summed E-state index contributed by atoms with van der Waals surface area (Å²) >= 11 is 9.33. The monoisotopic (exact) mass is 375 g/mol. The first-order chi connectivity index (χ1) is 9.84. The second kappa shape index (κ2) is 6.55. The Kier molecular flexibility index (Phi) is 5.17. The third-order valence-corrected chi connectivity index (χ3v) is 5.08. The van der Waals surface area contributed by atoms with Gasteiger partial charge in [-0.2, -0.15) is 0 Å². The van der Waals surface area contributed by atoms with Crippen molar-refractivity contribution in [1.82, 2.24) is 0 Å². The molecule has 2 atom stereocenters. The number of rotatable bonds is 4. The molecule has 0 aliphatic carbocycles. The zero-order chi connectivity index (χ0) is 15.6. The van der Waals surface area contributed by atoms with Crippen molar-refractivity contribution in [2.75, 3.05) is 11.9 Å². The standard InChI is InChI=1S/C15H19BrClNO3/c1-9(2)13-8-15(14(19)20,5-6-21-13)18-10-3-4-12(17)11(16)7-10/h3-4,7,9,13,18H,5-6,8H2,1-2H3,(H,19,20). The highest BCUT2D eigenvalue weighted by molar-refractivity contribution is 9.10. The van der Waals surface area contributed by atoms with E-state index >= 15 is 0 Å². The molecule has 21 heavy (non-hydrogen) atoms. The molecule has 0 aromatic heterocycles. The van der Waals surface area contributed by atoms with Gasteiger partial charge in [0.2, 0.25) is 0 Å². The van der Waals surface area contributed by atoms with E-state index in [0.717, 1.165) is 10.2 Å². The van der Waals surface area contributed by atoms with E-state index in [-0.39, 0.29) is 12.0 Å². The summed E-state index contributed by atoms with van der Waals surface area (Å²) in [6, 6.07) is 5.33. The molecule has 1 aromatic rings. The van der Waals surface area contributed by atoms with Gasteiger partial charge in [0.15, 0.2) is 0 Å². The van der Waals surface area contributed by atoms with Crippen LogP contribution in [0.5, 0.6) is 0 Å². The number of benzene rings is 1. The number of hydrogen-bond acceptors (Lipinski definition) is 3. The van der Waals surface area contributed by atoms with Gasteiger partial charge >= 0.3 is 5.97 Å². The minimum Gasteiger partial charge on any atom is -0.480 e. The van der Waals surface area contributed by atoms with Gasteiger partial charge in [0.05, 0.1) is 11.1 Å². The summed E-state index contributed by atoms with van der Waals surface area (Å²) in [4.78, 5) is 11.8. The molecule has 1 fully saturated rings. The van der Waals surface area contributed by atoms with E-state index in [4.69, 9.17) is 16.3 Å². The minimum absolute atomic E-state index is 0.0573. The third-order valence-electron chi connectivity index (χ3n) is 3.87. The Bertz CT molecular complexity index is 538. The number of ether oxygens (including phenoxy) is 1. The molecule has 0 saturated carbocycles. The van der Waals surface area contributed by atoms with E-state index in [1.165, 1.54) is 0 Å². The molecule has 0 spiro atoms. The van der Waals surface area contributed by atoms with Crippen LogP contribution in [0.25, 0.3) is 0 Å². The second-order valence-corrected chi connectivity index (χ2v) is 7.01. The Balaban J connectivity index is 2.25. The van der Waals surface area contributed by atoms with Crippen LogP contribution in [0, 0.1) is 5.92 Å². The van der Waals surface area contributed by atoms with Crippen molar-refractivity contribution < 1.29 is 14.6 Å². The van der Waals surface area contributed by atoms with Gasteiger partial charge in [-0.3, -0.25) is 0 Å². The van der Waals surface area contributed by atoms with Crippen molar-refractivity contribution in [3.8, 4) is 0 Å². The molecule has 2 unspecified atom stereocenters. The fraction of sp³-hybridized carbons (Fsp3) is 0.533. The number of hydrogen-bond donors (Lipinski definition) is 2. The Morgan fingerprint density at radius 1 is 1.57 bits per heavy atom. The lowest BCUT2D eigenvalue weighted by Crippen LogP contribution is -2.53. The molecule has 1 aliphatic heterocycles. The molecule has 1 saturated heterocycles. The van der Waals surface area contributed by atoms with Gasteiger partial charge in [-0.15, -0.1) is 0 Å². The zero-order valence-electron chi connectivity index (χ0n) is 12.0. The summed E-state index contributed by atoms with van der Waals surface area (Å²) in [7, 11) is 0. The van der Waals surface area contributed by atoms with E-state index < -0.39 is 11.5 Å². The van der Waals surface area contributed by atoms with Crippen molar-refractivity contribution in [2.24, 2.45) is 5.92 Å². The molecule has 2 N–H and O–H groups in total. The number of anilines is 1. The first kappa shape index (κ1) is 16.6. The highest BCUT2D eigenvalue weighted by atomic mass is 79.9. The van der Waals surface area contributed by atoms with Crippen LogP contribution in [0.1, 0.15) is 26.7 Å². The Labute approximate surface area is 138 Å². The van der Waals surface area contributed by atoms with Gasteiger partial charge in [0.1, 0.15) is 5.54 Å². The van der Waals surface area contributed by atoms with Gasteiger partial charge in [0.25, 0.3) is 0 Å². The van der Waals surface area contributed by atoms with Gasteiger partial charge in [-0.25, -0.2) is 4.79 Å². The number of carbonyl (C=O) groups is 1.